The van der Waals surface area contributed by atoms with Gasteiger partial charge in [-0.15, -0.1) is 0 Å². The number of nitrogens with zero attached hydrogens (tertiary/aromatic N) is 1. The molecule has 0 heterocycles. The first-order valence-corrected chi connectivity index (χ1v) is 8.81. The first kappa shape index (κ1) is 16.8. The summed E-state index contributed by atoms with van der Waals surface area (Å²) in [5, 5.41) is 12.9. The van der Waals surface area contributed by atoms with Gasteiger partial charge in [0.1, 0.15) is 0 Å². The van der Waals surface area contributed by atoms with Crippen LogP contribution in [0.2, 0.25) is 0 Å². The molecule has 0 radical (unpaired) electrons. The average Bonchev–Trinajstić information content (AvgIpc) is 2.52. The van der Waals surface area contributed by atoms with Gasteiger partial charge >= 0.3 is 0 Å². The standard InChI is InChI=1S/C17H27BrN2O/c1-13(19-2)16-9-8-14(18)12-17(16)20(10-11-21)15-6-4-3-5-7-15/h8-9,12-13,15,19,21H,3-7,10-11H2,1-2H3. The van der Waals surface area contributed by atoms with E-state index in [9.17, 15) is 5.11 Å². The molecule has 118 valence electrons. The normalized spacial score (nSPS) is 17.7. The molecule has 0 saturated heterocycles. The lowest BCUT2D eigenvalue weighted by Crippen LogP contribution is -2.39. The second-order valence-electron chi connectivity index (χ2n) is 5.92. The first-order valence-electron chi connectivity index (χ1n) is 8.01. The van der Waals surface area contributed by atoms with Crippen LogP contribution in [0.5, 0.6) is 0 Å². The first-order chi connectivity index (χ1) is 10.2. The number of benzene rings is 1. The number of nitrogens with one attached hydrogen (secondary N) is 1. The van der Waals surface area contributed by atoms with E-state index in [1.807, 2.05) is 7.05 Å². The molecule has 0 bridgehead atoms. The Balaban J connectivity index is 2.35. The lowest BCUT2D eigenvalue weighted by atomic mass is 9.92. The third-order valence-electron chi connectivity index (χ3n) is 4.56. The smallest absolute Gasteiger partial charge is 0.0606 e. The average molecular weight is 355 g/mol. The van der Waals surface area contributed by atoms with E-state index in [0.29, 0.717) is 18.6 Å². The Kier molecular flexibility index (Phi) is 6.52. The molecule has 1 aliphatic rings. The maximum Gasteiger partial charge on any atom is 0.0606 e. The number of aliphatic hydroxyl groups is 1. The molecule has 2 rings (SSSR count). The lowest BCUT2D eigenvalue weighted by Gasteiger charge is -2.38. The Morgan fingerprint density at radius 3 is 2.67 bits per heavy atom. The van der Waals surface area contributed by atoms with E-state index in [-0.39, 0.29) is 6.61 Å². The van der Waals surface area contributed by atoms with Crippen LogP contribution < -0.4 is 10.2 Å². The zero-order valence-electron chi connectivity index (χ0n) is 13.1. The molecule has 1 atom stereocenters. The second-order valence-corrected chi connectivity index (χ2v) is 6.84. The Labute approximate surface area is 136 Å². The van der Waals surface area contributed by atoms with Gasteiger partial charge in [0, 0.05) is 28.8 Å². The van der Waals surface area contributed by atoms with Crippen LogP contribution in [0.4, 0.5) is 5.69 Å². The van der Waals surface area contributed by atoms with Crippen molar-refractivity contribution in [2.45, 2.75) is 51.1 Å². The number of anilines is 1. The Hall–Kier alpha value is -0.580. The van der Waals surface area contributed by atoms with E-state index in [1.165, 1.54) is 43.4 Å². The highest BCUT2D eigenvalue weighted by Crippen LogP contribution is 2.34. The third-order valence-corrected chi connectivity index (χ3v) is 5.05. The highest BCUT2D eigenvalue weighted by molar-refractivity contribution is 9.10. The van der Waals surface area contributed by atoms with Crippen molar-refractivity contribution < 1.29 is 5.11 Å². The van der Waals surface area contributed by atoms with Crippen LogP contribution in [0.15, 0.2) is 22.7 Å². The van der Waals surface area contributed by atoms with Crippen LogP contribution in [-0.2, 0) is 0 Å². The Bertz CT molecular complexity index is 446. The fourth-order valence-corrected chi connectivity index (χ4v) is 3.64. The SMILES string of the molecule is CNC(C)c1ccc(Br)cc1N(CCO)C1CCCCC1. The Morgan fingerprint density at radius 1 is 1.33 bits per heavy atom. The molecule has 1 aromatic carbocycles. The zero-order chi connectivity index (χ0) is 15.2. The summed E-state index contributed by atoms with van der Waals surface area (Å²) in [5.74, 6) is 0. The molecule has 1 saturated carbocycles. The molecular formula is C17H27BrN2O. The number of rotatable bonds is 6. The number of hydrogen-bond donors (Lipinski definition) is 2. The highest BCUT2D eigenvalue weighted by Gasteiger charge is 2.24. The maximum atomic E-state index is 9.52. The maximum absolute atomic E-state index is 9.52. The second kappa shape index (κ2) is 8.16. The summed E-state index contributed by atoms with van der Waals surface area (Å²) < 4.78 is 1.10. The van der Waals surface area contributed by atoms with E-state index >= 15 is 0 Å². The van der Waals surface area contributed by atoms with Gasteiger partial charge in [-0.3, -0.25) is 0 Å². The summed E-state index contributed by atoms with van der Waals surface area (Å²) in [6.07, 6.45) is 6.43. The molecule has 0 aromatic heterocycles. The molecule has 1 aliphatic carbocycles. The molecule has 2 N–H and O–H groups in total. The van der Waals surface area contributed by atoms with Crippen molar-refractivity contribution in [3.05, 3.63) is 28.2 Å². The fraction of sp³-hybridized carbons (Fsp3) is 0.647. The number of hydrogen-bond acceptors (Lipinski definition) is 3. The van der Waals surface area contributed by atoms with E-state index < -0.39 is 0 Å². The van der Waals surface area contributed by atoms with Crippen molar-refractivity contribution in [3.8, 4) is 0 Å². The van der Waals surface area contributed by atoms with Crippen molar-refractivity contribution in [2.75, 3.05) is 25.1 Å². The van der Waals surface area contributed by atoms with Gasteiger partial charge in [0.25, 0.3) is 0 Å². The number of halogens is 1. The quantitative estimate of drug-likeness (QED) is 0.813. The highest BCUT2D eigenvalue weighted by atomic mass is 79.9. The van der Waals surface area contributed by atoms with Crippen LogP contribution in [0, 0.1) is 0 Å². The molecule has 0 spiro atoms. The largest absolute Gasteiger partial charge is 0.395 e. The van der Waals surface area contributed by atoms with Crippen molar-refractivity contribution in [3.63, 3.8) is 0 Å². The van der Waals surface area contributed by atoms with Gasteiger partial charge in [0.2, 0.25) is 0 Å². The molecule has 1 unspecified atom stereocenters. The van der Waals surface area contributed by atoms with Crippen molar-refractivity contribution >= 4 is 21.6 Å². The molecule has 0 aliphatic heterocycles. The minimum Gasteiger partial charge on any atom is -0.395 e. The molecule has 0 amide bonds. The van der Waals surface area contributed by atoms with Gasteiger partial charge in [-0.05, 0) is 44.5 Å². The van der Waals surface area contributed by atoms with Gasteiger partial charge in [-0.25, -0.2) is 0 Å². The van der Waals surface area contributed by atoms with E-state index in [4.69, 9.17) is 0 Å². The van der Waals surface area contributed by atoms with Gasteiger partial charge in [0.05, 0.1) is 6.61 Å². The topological polar surface area (TPSA) is 35.5 Å². The zero-order valence-corrected chi connectivity index (χ0v) is 14.7. The summed E-state index contributed by atoms with van der Waals surface area (Å²) in [6, 6.07) is 7.35. The van der Waals surface area contributed by atoms with Gasteiger partial charge < -0.3 is 15.3 Å². The van der Waals surface area contributed by atoms with E-state index in [2.05, 4.69) is 51.3 Å². The van der Waals surface area contributed by atoms with Gasteiger partial charge in [0.15, 0.2) is 0 Å². The van der Waals surface area contributed by atoms with Crippen molar-refractivity contribution in [2.24, 2.45) is 0 Å². The monoisotopic (exact) mass is 354 g/mol. The van der Waals surface area contributed by atoms with E-state index in [0.717, 1.165) is 4.47 Å². The number of aliphatic hydroxyl groups excluding tert-OH is 1. The van der Waals surface area contributed by atoms with Crippen LogP contribution >= 0.6 is 15.9 Å². The molecule has 3 nitrogen and oxygen atoms in total. The minimum atomic E-state index is 0.205. The van der Waals surface area contributed by atoms with Crippen LogP contribution in [0.1, 0.15) is 50.6 Å². The summed E-state index contributed by atoms with van der Waals surface area (Å²) in [4.78, 5) is 2.42. The van der Waals surface area contributed by atoms with Crippen LogP contribution in [0.3, 0.4) is 0 Å². The van der Waals surface area contributed by atoms with Gasteiger partial charge in [-0.2, -0.15) is 0 Å². The molecular weight excluding hydrogens is 328 g/mol. The fourth-order valence-electron chi connectivity index (χ4n) is 3.29. The third kappa shape index (κ3) is 4.21. The predicted octanol–water partition coefficient (Wildman–Crippen LogP) is 3.86. The van der Waals surface area contributed by atoms with Gasteiger partial charge in [-0.1, -0.05) is 41.3 Å². The summed E-state index contributed by atoms with van der Waals surface area (Å²) in [6.45, 7) is 3.10. The van der Waals surface area contributed by atoms with Crippen molar-refractivity contribution in [1.82, 2.24) is 5.32 Å². The molecule has 1 fully saturated rings. The summed E-state index contributed by atoms with van der Waals surface area (Å²) in [5.41, 5.74) is 2.56. The van der Waals surface area contributed by atoms with Crippen LogP contribution in [-0.4, -0.2) is 31.3 Å². The van der Waals surface area contributed by atoms with Crippen LogP contribution in [0.25, 0.3) is 0 Å². The minimum absolute atomic E-state index is 0.205. The molecule has 1 aromatic rings. The summed E-state index contributed by atoms with van der Waals surface area (Å²) >= 11 is 3.60. The lowest BCUT2D eigenvalue weighted by molar-refractivity contribution is 0.289. The molecule has 4 heteroatoms. The molecule has 21 heavy (non-hydrogen) atoms. The predicted molar refractivity (Wildman–Crippen MR) is 92.9 cm³/mol. The van der Waals surface area contributed by atoms with E-state index in [1.54, 1.807) is 0 Å². The summed E-state index contributed by atoms with van der Waals surface area (Å²) in [7, 11) is 1.99. The Morgan fingerprint density at radius 2 is 2.05 bits per heavy atom. The van der Waals surface area contributed by atoms with Crippen molar-refractivity contribution in [1.29, 1.82) is 0 Å².